The second kappa shape index (κ2) is 9.94. The first kappa shape index (κ1) is 26.6. The van der Waals surface area contributed by atoms with Crippen molar-refractivity contribution in [3.05, 3.63) is 89.5 Å². The first-order valence-corrected chi connectivity index (χ1v) is 12.7. The van der Waals surface area contributed by atoms with Crippen LogP contribution >= 0.6 is 0 Å². The minimum Gasteiger partial charge on any atom is -0.365 e. The maximum Gasteiger partial charge on any atom is 0.417 e. The fourth-order valence-corrected chi connectivity index (χ4v) is 4.57. The number of nitrogens with zero attached hydrogens (tertiary/aromatic N) is 3. The highest BCUT2D eigenvalue weighted by Crippen LogP contribution is 2.36. The molecule has 1 aromatic heterocycles. The Kier molecular flexibility index (Phi) is 6.78. The Morgan fingerprint density at radius 3 is 2.36 bits per heavy atom. The average molecular weight is 537 g/mol. The van der Waals surface area contributed by atoms with Gasteiger partial charge in [0.1, 0.15) is 18.0 Å². The van der Waals surface area contributed by atoms with Crippen LogP contribution in [0.5, 0.6) is 0 Å². The summed E-state index contributed by atoms with van der Waals surface area (Å²) in [5.74, 6) is -0.609. The molecule has 1 aliphatic carbocycles. The summed E-state index contributed by atoms with van der Waals surface area (Å²) >= 11 is 0. The van der Waals surface area contributed by atoms with E-state index in [1.807, 2.05) is 39.0 Å². The molecule has 3 aromatic carbocycles. The number of hydrogen-bond acceptors (Lipinski definition) is 4. The second-order valence-corrected chi connectivity index (χ2v) is 10.8. The predicted octanol–water partition coefficient (Wildman–Crippen LogP) is 7.47. The minimum absolute atomic E-state index is 0.136. The molecule has 4 aromatic rings. The Labute approximate surface area is 223 Å². The first-order chi connectivity index (χ1) is 18.4. The van der Waals surface area contributed by atoms with Gasteiger partial charge < -0.3 is 10.2 Å². The number of hydrogen-bond donors (Lipinski definition) is 1. The molecule has 5 rings (SSSR count). The quantitative estimate of drug-likeness (QED) is 0.260. The van der Waals surface area contributed by atoms with Crippen LogP contribution < -0.4 is 5.32 Å². The number of carbonyl (C=O) groups is 1. The van der Waals surface area contributed by atoms with Gasteiger partial charge in [0.2, 0.25) is 0 Å². The van der Waals surface area contributed by atoms with Gasteiger partial charge in [0, 0.05) is 29.1 Å². The molecule has 1 fully saturated rings. The zero-order chi connectivity index (χ0) is 27.9. The number of carbonyl (C=O) groups excluding carboxylic acids is 1. The summed E-state index contributed by atoms with van der Waals surface area (Å²) in [6.45, 7) is 5.94. The number of nitrogens with one attached hydrogen (secondary N) is 1. The third-order valence-corrected chi connectivity index (χ3v) is 6.56. The topological polar surface area (TPSA) is 58.1 Å². The molecule has 0 bridgehead atoms. The molecule has 0 saturated heterocycles. The van der Waals surface area contributed by atoms with E-state index < -0.39 is 29.0 Å². The molecule has 202 valence electrons. The van der Waals surface area contributed by atoms with Gasteiger partial charge in [0.15, 0.2) is 0 Å². The molecule has 0 spiro atoms. The molecule has 5 nitrogen and oxygen atoms in total. The highest BCUT2D eigenvalue weighted by molar-refractivity contribution is 5.96. The van der Waals surface area contributed by atoms with Crippen LogP contribution in [0.3, 0.4) is 0 Å². The maximum atomic E-state index is 15.0. The van der Waals surface area contributed by atoms with E-state index in [9.17, 15) is 18.0 Å². The third-order valence-electron chi connectivity index (χ3n) is 6.56. The zero-order valence-electron chi connectivity index (χ0n) is 21.8. The van der Waals surface area contributed by atoms with Crippen LogP contribution in [0.25, 0.3) is 22.0 Å². The Bertz CT molecular complexity index is 1540. The van der Waals surface area contributed by atoms with Crippen molar-refractivity contribution in [2.45, 2.75) is 57.9 Å². The molecule has 1 aliphatic rings. The molecule has 9 heteroatoms. The Hall–Kier alpha value is -4.01. The molecule has 1 heterocycles. The van der Waals surface area contributed by atoms with E-state index in [1.54, 1.807) is 12.1 Å². The van der Waals surface area contributed by atoms with Gasteiger partial charge in [-0.25, -0.2) is 14.4 Å². The molecule has 0 aliphatic heterocycles. The molecule has 0 unspecified atom stereocenters. The van der Waals surface area contributed by atoms with Gasteiger partial charge in [-0.05, 0) is 81.1 Å². The lowest BCUT2D eigenvalue weighted by atomic mass is 10.00. The number of fused-ring (bicyclic) bond motifs is 1. The number of rotatable bonds is 6. The van der Waals surface area contributed by atoms with E-state index in [2.05, 4.69) is 15.3 Å². The van der Waals surface area contributed by atoms with Crippen LogP contribution in [0.4, 0.5) is 23.4 Å². The lowest BCUT2D eigenvalue weighted by molar-refractivity contribution is -0.138. The van der Waals surface area contributed by atoms with Gasteiger partial charge in [0.05, 0.1) is 16.6 Å². The number of amides is 1. The normalized spacial score (nSPS) is 13.9. The lowest BCUT2D eigenvalue weighted by Crippen LogP contribution is -2.34. The Morgan fingerprint density at radius 1 is 0.974 bits per heavy atom. The Morgan fingerprint density at radius 2 is 1.67 bits per heavy atom. The summed E-state index contributed by atoms with van der Waals surface area (Å²) in [6, 6.07) is 14.8. The summed E-state index contributed by atoms with van der Waals surface area (Å²) < 4.78 is 55.8. The smallest absolute Gasteiger partial charge is 0.365 e. The number of alkyl halides is 3. The summed E-state index contributed by atoms with van der Waals surface area (Å²) in [7, 11) is 0. The van der Waals surface area contributed by atoms with Crippen molar-refractivity contribution >= 4 is 22.6 Å². The summed E-state index contributed by atoms with van der Waals surface area (Å²) in [4.78, 5) is 23.4. The fraction of sp³-hybridized carbons (Fsp3) is 0.300. The van der Waals surface area contributed by atoms with Crippen molar-refractivity contribution in [3.63, 3.8) is 0 Å². The van der Waals surface area contributed by atoms with Crippen molar-refractivity contribution in [1.82, 2.24) is 14.9 Å². The van der Waals surface area contributed by atoms with E-state index in [0.29, 0.717) is 24.2 Å². The minimum atomic E-state index is -4.67. The lowest BCUT2D eigenvalue weighted by Gasteiger charge is -2.25. The van der Waals surface area contributed by atoms with Crippen molar-refractivity contribution in [2.75, 3.05) is 5.32 Å². The molecular formula is C30H28F4N4O. The van der Waals surface area contributed by atoms with Crippen LogP contribution in [0.15, 0.2) is 67.0 Å². The van der Waals surface area contributed by atoms with Gasteiger partial charge in [-0.1, -0.05) is 24.3 Å². The first-order valence-electron chi connectivity index (χ1n) is 12.7. The molecule has 39 heavy (non-hydrogen) atoms. The Balaban J connectivity index is 1.49. The number of aromatic nitrogens is 2. The van der Waals surface area contributed by atoms with Crippen LogP contribution in [0.1, 0.15) is 55.1 Å². The zero-order valence-corrected chi connectivity index (χ0v) is 21.8. The molecule has 0 radical (unpaired) electrons. The van der Waals surface area contributed by atoms with Crippen molar-refractivity contribution in [3.8, 4) is 11.1 Å². The molecule has 1 N–H and O–H groups in total. The number of anilines is 1. The van der Waals surface area contributed by atoms with Crippen LogP contribution in [-0.4, -0.2) is 32.4 Å². The summed E-state index contributed by atoms with van der Waals surface area (Å²) in [5, 5.41) is 4.18. The standard InChI is InChI=1S/C30H28F4N4O/c1-29(2,3)37-27-23-15-19(9-13-26(23)35-17-36-27)18-8-12-25(31)20(14-18)16-38(21-10-11-21)28(39)22-6-4-5-7-24(22)30(32,33)34/h4-9,12-15,17,21H,10-11,16H2,1-3H3,(H,35,36,37). The van der Waals surface area contributed by atoms with Gasteiger partial charge >= 0.3 is 6.18 Å². The summed E-state index contributed by atoms with van der Waals surface area (Å²) in [6.07, 6.45) is -1.86. The number of halogens is 4. The third kappa shape index (κ3) is 5.87. The molecule has 1 amide bonds. The van der Waals surface area contributed by atoms with Crippen molar-refractivity contribution in [2.24, 2.45) is 0 Å². The van der Waals surface area contributed by atoms with Gasteiger partial charge in [0.25, 0.3) is 5.91 Å². The second-order valence-electron chi connectivity index (χ2n) is 10.8. The van der Waals surface area contributed by atoms with E-state index in [0.717, 1.165) is 22.5 Å². The van der Waals surface area contributed by atoms with Crippen LogP contribution in [-0.2, 0) is 12.7 Å². The van der Waals surface area contributed by atoms with Crippen molar-refractivity contribution in [1.29, 1.82) is 0 Å². The fourth-order valence-electron chi connectivity index (χ4n) is 4.57. The predicted molar refractivity (Wildman–Crippen MR) is 143 cm³/mol. The van der Waals surface area contributed by atoms with Gasteiger partial charge in [-0.15, -0.1) is 0 Å². The monoisotopic (exact) mass is 536 g/mol. The van der Waals surface area contributed by atoms with Crippen LogP contribution in [0.2, 0.25) is 0 Å². The van der Waals surface area contributed by atoms with Crippen molar-refractivity contribution < 1.29 is 22.4 Å². The largest absolute Gasteiger partial charge is 0.417 e. The molecule has 0 atom stereocenters. The summed E-state index contributed by atoms with van der Waals surface area (Å²) in [5.41, 5.74) is 0.824. The van der Waals surface area contributed by atoms with Gasteiger partial charge in [-0.2, -0.15) is 13.2 Å². The van der Waals surface area contributed by atoms with E-state index in [4.69, 9.17) is 0 Å². The molecular weight excluding hydrogens is 508 g/mol. The molecule has 1 saturated carbocycles. The van der Waals surface area contributed by atoms with Gasteiger partial charge in [-0.3, -0.25) is 4.79 Å². The highest BCUT2D eigenvalue weighted by atomic mass is 19.4. The maximum absolute atomic E-state index is 15.0. The number of benzene rings is 3. The van der Waals surface area contributed by atoms with E-state index in [1.165, 1.54) is 35.5 Å². The van der Waals surface area contributed by atoms with Crippen LogP contribution in [0, 0.1) is 5.82 Å². The van der Waals surface area contributed by atoms with E-state index in [-0.39, 0.29) is 23.7 Å². The van der Waals surface area contributed by atoms with E-state index >= 15 is 4.39 Å². The average Bonchev–Trinajstić information content (AvgIpc) is 3.72. The SMILES string of the molecule is CC(C)(C)Nc1ncnc2ccc(-c3ccc(F)c(CN(C(=O)c4ccccc4C(F)(F)F)C4CC4)c3)cc12. The highest BCUT2D eigenvalue weighted by Gasteiger charge is 2.39.